The van der Waals surface area contributed by atoms with Crippen LogP contribution >= 0.6 is 0 Å². The standard InChI is InChI=1S/C18H20O4/c1-18(12-22-17-9-5-3-7-15(17)18)14-6-2-4-8-16(14)21-11-13(20)10-19/h2-9,13,19-20H,10-12H2,1H3. The minimum absolute atomic E-state index is 0.0616. The van der Waals surface area contributed by atoms with Gasteiger partial charge in [-0.15, -0.1) is 0 Å². The first-order valence-corrected chi connectivity index (χ1v) is 7.38. The van der Waals surface area contributed by atoms with E-state index in [1.54, 1.807) is 0 Å². The SMILES string of the molecule is CC1(c2ccccc2OCC(O)CO)COc2ccccc21. The molecule has 4 heteroatoms. The van der Waals surface area contributed by atoms with Crippen LogP contribution in [0.2, 0.25) is 0 Å². The Morgan fingerprint density at radius 3 is 2.59 bits per heavy atom. The van der Waals surface area contributed by atoms with Crippen molar-refractivity contribution in [2.45, 2.75) is 18.4 Å². The average Bonchev–Trinajstić information content (AvgIpc) is 2.91. The fourth-order valence-electron chi connectivity index (χ4n) is 2.86. The minimum Gasteiger partial charge on any atom is -0.492 e. The van der Waals surface area contributed by atoms with E-state index in [4.69, 9.17) is 14.6 Å². The molecule has 0 aliphatic carbocycles. The van der Waals surface area contributed by atoms with E-state index < -0.39 is 6.10 Å². The Morgan fingerprint density at radius 2 is 1.82 bits per heavy atom. The maximum Gasteiger partial charge on any atom is 0.123 e. The molecule has 0 amide bonds. The van der Waals surface area contributed by atoms with Crippen LogP contribution in [0.15, 0.2) is 48.5 Å². The van der Waals surface area contributed by atoms with E-state index in [0.717, 1.165) is 16.9 Å². The van der Waals surface area contributed by atoms with Crippen molar-refractivity contribution in [2.24, 2.45) is 0 Å². The number of fused-ring (bicyclic) bond motifs is 1. The average molecular weight is 300 g/mol. The van der Waals surface area contributed by atoms with Gasteiger partial charge in [-0.1, -0.05) is 36.4 Å². The fraction of sp³-hybridized carbons (Fsp3) is 0.333. The lowest BCUT2D eigenvalue weighted by Crippen LogP contribution is -2.27. The topological polar surface area (TPSA) is 58.9 Å². The van der Waals surface area contributed by atoms with Crippen LogP contribution < -0.4 is 9.47 Å². The first-order chi connectivity index (χ1) is 10.6. The molecule has 1 aliphatic heterocycles. The third-order valence-electron chi connectivity index (χ3n) is 4.12. The van der Waals surface area contributed by atoms with E-state index in [-0.39, 0.29) is 18.6 Å². The summed E-state index contributed by atoms with van der Waals surface area (Å²) in [5.74, 6) is 1.60. The fourth-order valence-corrected chi connectivity index (χ4v) is 2.86. The van der Waals surface area contributed by atoms with E-state index >= 15 is 0 Å². The van der Waals surface area contributed by atoms with E-state index in [0.29, 0.717) is 12.4 Å². The Bertz CT molecular complexity index is 655. The smallest absolute Gasteiger partial charge is 0.123 e. The molecule has 0 saturated heterocycles. The van der Waals surface area contributed by atoms with Crippen molar-refractivity contribution in [1.29, 1.82) is 0 Å². The summed E-state index contributed by atoms with van der Waals surface area (Å²) in [6.45, 7) is 2.43. The maximum atomic E-state index is 9.50. The number of rotatable bonds is 5. The molecule has 2 N–H and O–H groups in total. The van der Waals surface area contributed by atoms with Gasteiger partial charge >= 0.3 is 0 Å². The molecule has 1 heterocycles. The van der Waals surface area contributed by atoms with Crippen LogP contribution in [0.25, 0.3) is 0 Å². The van der Waals surface area contributed by atoms with Crippen LogP contribution in [0, 0.1) is 0 Å². The molecule has 0 radical (unpaired) electrons. The lowest BCUT2D eigenvalue weighted by molar-refractivity contribution is 0.0529. The highest BCUT2D eigenvalue weighted by Gasteiger charge is 2.39. The molecule has 116 valence electrons. The molecule has 3 rings (SSSR count). The molecule has 0 aromatic heterocycles. The normalized spacial score (nSPS) is 21.0. The Hall–Kier alpha value is -2.04. The highest BCUT2D eigenvalue weighted by molar-refractivity contribution is 5.54. The van der Waals surface area contributed by atoms with Gasteiger partial charge in [0, 0.05) is 11.1 Å². The molecule has 0 spiro atoms. The monoisotopic (exact) mass is 300 g/mol. The van der Waals surface area contributed by atoms with E-state index in [9.17, 15) is 5.11 Å². The predicted molar refractivity (Wildman–Crippen MR) is 83.4 cm³/mol. The van der Waals surface area contributed by atoms with Gasteiger partial charge in [-0.05, 0) is 19.1 Å². The number of hydrogen-bond donors (Lipinski definition) is 2. The number of hydrogen-bond acceptors (Lipinski definition) is 4. The third kappa shape index (κ3) is 2.56. The molecule has 2 atom stereocenters. The van der Waals surface area contributed by atoms with Crippen molar-refractivity contribution < 1.29 is 19.7 Å². The molecular weight excluding hydrogens is 280 g/mol. The lowest BCUT2D eigenvalue weighted by Gasteiger charge is -2.26. The van der Waals surface area contributed by atoms with Crippen LogP contribution in [0.3, 0.4) is 0 Å². The predicted octanol–water partition coefficient (Wildman–Crippen LogP) is 2.12. The molecule has 4 nitrogen and oxygen atoms in total. The lowest BCUT2D eigenvalue weighted by atomic mass is 9.77. The van der Waals surface area contributed by atoms with Crippen molar-refractivity contribution in [1.82, 2.24) is 0 Å². The van der Waals surface area contributed by atoms with Gasteiger partial charge in [-0.3, -0.25) is 0 Å². The summed E-state index contributed by atoms with van der Waals surface area (Å²) in [7, 11) is 0. The summed E-state index contributed by atoms with van der Waals surface area (Å²) in [5, 5.41) is 18.4. The van der Waals surface area contributed by atoms with E-state index in [1.807, 2.05) is 42.5 Å². The summed E-state index contributed by atoms with van der Waals surface area (Å²) >= 11 is 0. The van der Waals surface area contributed by atoms with Crippen molar-refractivity contribution in [2.75, 3.05) is 19.8 Å². The zero-order valence-corrected chi connectivity index (χ0v) is 12.5. The molecule has 2 unspecified atom stereocenters. The quantitative estimate of drug-likeness (QED) is 0.888. The van der Waals surface area contributed by atoms with Crippen molar-refractivity contribution >= 4 is 0 Å². The second-order valence-electron chi connectivity index (χ2n) is 5.76. The number of ether oxygens (including phenoxy) is 2. The van der Waals surface area contributed by atoms with Crippen LogP contribution in [0.5, 0.6) is 11.5 Å². The molecule has 22 heavy (non-hydrogen) atoms. The van der Waals surface area contributed by atoms with E-state index in [1.165, 1.54) is 0 Å². The van der Waals surface area contributed by atoms with Crippen molar-refractivity contribution in [3.8, 4) is 11.5 Å². The number of para-hydroxylation sites is 2. The van der Waals surface area contributed by atoms with Crippen LogP contribution in [0.1, 0.15) is 18.1 Å². The second kappa shape index (κ2) is 5.99. The van der Waals surface area contributed by atoms with E-state index in [2.05, 4.69) is 13.0 Å². The molecule has 1 aliphatic rings. The highest BCUT2D eigenvalue weighted by atomic mass is 16.5. The van der Waals surface area contributed by atoms with Crippen molar-refractivity contribution in [3.05, 3.63) is 59.7 Å². The van der Waals surface area contributed by atoms with Crippen LogP contribution in [-0.2, 0) is 5.41 Å². The molecular formula is C18H20O4. The zero-order chi connectivity index (χ0) is 15.6. The van der Waals surface area contributed by atoms with Crippen LogP contribution in [-0.4, -0.2) is 36.1 Å². The Labute approximate surface area is 129 Å². The van der Waals surface area contributed by atoms with Gasteiger partial charge in [0.15, 0.2) is 0 Å². The van der Waals surface area contributed by atoms with Gasteiger partial charge in [-0.2, -0.15) is 0 Å². The van der Waals surface area contributed by atoms with Gasteiger partial charge in [0.2, 0.25) is 0 Å². The Balaban J connectivity index is 1.95. The maximum absolute atomic E-state index is 9.50. The Morgan fingerprint density at radius 1 is 1.14 bits per heavy atom. The van der Waals surface area contributed by atoms with Gasteiger partial charge in [-0.25, -0.2) is 0 Å². The number of benzene rings is 2. The van der Waals surface area contributed by atoms with Crippen molar-refractivity contribution in [3.63, 3.8) is 0 Å². The van der Waals surface area contributed by atoms with Gasteiger partial charge in [0.25, 0.3) is 0 Å². The third-order valence-corrected chi connectivity index (χ3v) is 4.12. The molecule has 0 fully saturated rings. The molecule has 0 bridgehead atoms. The van der Waals surface area contributed by atoms with Gasteiger partial charge in [0.1, 0.15) is 30.8 Å². The number of aliphatic hydroxyl groups is 2. The highest BCUT2D eigenvalue weighted by Crippen LogP contribution is 2.45. The minimum atomic E-state index is -0.882. The second-order valence-corrected chi connectivity index (χ2v) is 5.76. The molecule has 2 aromatic carbocycles. The first-order valence-electron chi connectivity index (χ1n) is 7.38. The van der Waals surface area contributed by atoms with Gasteiger partial charge in [0.05, 0.1) is 12.0 Å². The summed E-state index contributed by atoms with van der Waals surface area (Å²) in [6, 6.07) is 15.8. The first kappa shape index (κ1) is 14.9. The summed E-state index contributed by atoms with van der Waals surface area (Å²) in [4.78, 5) is 0. The van der Waals surface area contributed by atoms with Crippen LogP contribution in [0.4, 0.5) is 0 Å². The number of aliphatic hydroxyl groups excluding tert-OH is 2. The molecule has 2 aromatic rings. The summed E-state index contributed by atoms with van der Waals surface area (Å²) in [6.07, 6.45) is -0.882. The molecule has 0 saturated carbocycles. The Kier molecular flexibility index (Phi) is 4.05. The largest absolute Gasteiger partial charge is 0.492 e. The van der Waals surface area contributed by atoms with Gasteiger partial charge < -0.3 is 19.7 Å². The zero-order valence-electron chi connectivity index (χ0n) is 12.5. The summed E-state index contributed by atoms with van der Waals surface area (Å²) in [5.41, 5.74) is 1.86. The summed E-state index contributed by atoms with van der Waals surface area (Å²) < 4.78 is 11.5.